The van der Waals surface area contributed by atoms with Gasteiger partial charge in [0.1, 0.15) is 0 Å². The van der Waals surface area contributed by atoms with Gasteiger partial charge in [0.25, 0.3) is 0 Å². The Morgan fingerprint density at radius 1 is 0.864 bits per heavy atom. The highest BCUT2D eigenvalue weighted by Crippen LogP contribution is 2.16. The zero-order valence-corrected chi connectivity index (χ0v) is 14.8. The SMILES string of the molecule is Cc1ccc(N2CCN(CCN(C)CCN(C)C)CC2)cc1. The van der Waals surface area contributed by atoms with E-state index in [4.69, 9.17) is 0 Å². The largest absolute Gasteiger partial charge is 0.369 e. The van der Waals surface area contributed by atoms with E-state index in [-0.39, 0.29) is 0 Å². The molecule has 0 N–H and O–H groups in total. The Bertz CT molecular complexity index is 421. The maximum Gasteiger partial charge on any atom is 0.0367 e. The van der Waals surface area contributed by atoms with Crippen molar-refractivity contribution >= 4 is 5.69 Å². The van der Waals surface area contributed by atoms with Gasteiger partial charge in [0.05, 0.1) is 0 Å². The van der Waals surface area contributed by atoms with Crippen molar-refractivity contribution in [3.05, 3.63) is 29.8 Å². The summed E-state index contributed by atoms with van der Waals surface area (Å²) in [7, 11) is 6.50. The van der Waals surface area contributed by atoms with Crippen LogP contribution in [0.4, 0.5) is 5.69 Å². The number of likely N-dealkylation sites (N-methyl/N-ethyl adjacent to an activating group) is 2. The predicted octanol–water partition coefficient (Wildman–Crippen LogP) is 1.61. The lowest BCUT2D eigenvalue weighted by Crippen LogP contribution is -2.48. The second-order valence-electron chi connectivity index (χ2n) is 6.77. The van der Waals surface area contributed by atoms with E-state index < -0.39 is 0 Å². The van der Waals surface area contributed by atoms with Crippen LogP contribution in [0, 0.1) is 6.92 Å². The van der Waals surface area contributed by atoms with Crippen molar-refractivity contribution in [1.82, 2.24) is 14.7 Å². The van der Waals surface area contributed by atoms with Crippen LogP contribution in [0.1, 0.15) is 5.56 Å². The molecule has 2 rings (SSSR count). The molecule has 4 heteroatoms. The summed E-state index contributed by atoms with van der Waals surface area (Å²) >= 11 is 0. The van der Waals surface area contributed by atoms with Crippen molar-refractivity contribution in [2.45, 2.75) is 6.92 Å². The molecule has 0 radical (unpaired) electrons. The van der Waals surface area contributed by atoms with Crippen LogP contribution < -0.4 is 4.90 Å². The molecule has 4 nitrogen and oxygen atoms in total. The Balaban J connectivity index is 1.67. The molecule has 0 atom stereocenters. The Kier molecular flexibility index (Phi) is 6.68. The first kappa shape index (κ1) is 17.3. The van der Waals surface area contributed by atoms with Crippen LogP contribution >= 0.6 is 0 Å². The maximum absolute atomic E-state index is 2.59. The summed E-state index contributed by atoms with van der Waals surface area (Å²) in [6.07, 6.45) is 0. The van der Waals surface area contributed by atoms with Crippen molar-refractivity contribution in [3.8, 4) is 0 Å². The van der Waals surface area contributed by atoms with E-state index >= 15 is 0 Å². The quantitative estimate of drug-likeness (QED) is 0.759. The smallest absolute Gasteiger partial charge is 0.0367 e. The first-order valence-corrected chi connectivity index (χ1v) is 8.42. The van der Waals surface area contributed by atoms with Gasteiger partial charge < -0.3 is 14.7 Å². The molecule has 1 aromatic carbocycles. The molecule has 1 aliphatic heterocycles. The summed E-state index contributed by atoms with van der Waals surface area (Å²) in [4.78, 5) is 9.78. The highest BCUT2D eigenvalue weighted by molar-refractivity contribution is 5.47. The third-order valence-electron chi connectivity index (χ3n) is 4.50. The highest BCUT2D eigenvalue weighted by Gasteiger charge is 2.17. The van der Waals surface area contributed by atoms with Crippen LogP contribution in [0.3, 0.4) is 0 Å². The molecule has 0 aromatic heterocycles. The number of hydrogen-bond acceptors (Lipinski definition) is 4. The lowest BCUT2D eigenvalue weighted by molar-refractivity contribution is 0.206. The molecule has 1 aromatic rings. The molecule has 1 fully saturated rings. The van der Waals surface area contributed by atoms with Gasteiger partial charge in [-0.25, -0.2) is 0 Å². The minimum Gasteiger partial charge on any atom is -0.369 e. The van der Waals surface area contributed by atoms with E-state index in [0.717, 1.165) is 26.2 Å². The zero-order chi connectivity index (χ0) is 15.9. The van der Waals surface area contributed by atoms with Crippen molar-refractivity contribution in [2.75, 3.05) is 78.4 Å². The Morgan fingerprint density at radius 3 is 2.09 bits per heavy atom. The molecule has 22 heavy (non-hydrogen) atoms. The van der Waals surface area contributed by atoms with E-state index in [1.807, 2.05) is 0 Å². The van der Waals surface area contributed by atoms with Gasteiger partial charge in [-0.3, -0.25) is 4.90 Å². The number of rotatable bonds is 7. The Labute approximate surface area is 136 Å². The summed E-state index contributed by atoms with van der Waals surface area (Å²) in [5, 5.41) is 0. The summed E-state index contributed by atoms with van der Waals surface area (Å²) in [5.74, 6) is 0. The van der Waals surface area contributed by atoms with Crippen LogP contribution in [-0.4, -0.2) is 88.2 Å². The van der Waals surface area contributed by atoms with Crippen LogP contribution in [0.25, 0.3) is 0 Å². The molecule has 1 heterocycles. The first-order valence-electron chi connectivity index (χ1n) is 8.42. The minimum absolute atomic E-state index is 1.14. The van der Waals surface area contributed by atoms with Crippen LogP contribution in [0.15, 0.2) is 24.3 Å². The lowest BCUT2D eigenvalue weighted by atomic mass is 10.2. The van der Waals surface area contributed by atoms with Gasteiger partial charge in [0.2, 0.25) is 0 Å². The van der Waals surface area contributed by atoms with Gasteiger partial charge in [-0.05, 0) is 40.2 Å². The van der Waals surface area contributed by atoms with Gasteiger partial charge in [-0.1, -0.05) is 17.7 Å². The molecule has 0 bridgehead atoms. The Hall–Kier alpha value is -1.10. The van der Waals surface area contributed by atoms with Gasteiger partial charge in [0, 0.05) is 58.0 Å². The van der Waals surface area contributed by atoms with E-state index in [1.54, 1.807) is 0 Å². The van der Waals surface area contributed by atoms with Crippen molar-refractivity contribution < 1.29 is 0 Å². The average molecular weight is 304 g/mol. The summed E-state index contributed by atoms with van der Waals surface area (Å²) in [5.41, 5.74) is 2.71. The number of hydrogen-bond donors (Lipinski definition) is 0. The zero-order valence-electron chi connectivity index (χ0n) is 14.8. The van der Waals surface area contributed by atoms with Crippen molar-refractivity contribution in [2.24, 2.45) is 0 Å². The number of aryl methyl sites for hydroxylation is 1. The maximum atomic E-state index is 2.59. The van der Waals surface area contributed by atoms with Gasteiger partial charge in [0.15, 0.2) is 0 Å². The van der Waals surface area contributed by atoms with Gasteiger partial charge in [-0.2, -0.15) is 0 Å². The van der Waals surface area contributed by atoms with Gasteiger partial charge in [-0.15, -0.1) is 0 Å². The minimum atomic E-state index is 1.14. The molecule has 1 saturated heterocycles. The molecule has 1 aliphatic rings. The first-order chi connectivity index (χ1) is 10.5. The van der Waals surface area contributed by atoms with Crippen molar-refractivity contribution in [1.29, 1.82) is 0 Å². The standard InChI is InChI=1S/C18H32N4/c1-17-5-7-18(8-6-17)22-15-13-21(14-16-22)12-11-20(4)10-9-19(2)3/h5-8H,9-16H2,1-4H3. The van der Waals surface area contributed by atoms with Crippen molar-refractivity contribution in [3.63, 3.8) is 0 Å². The lowest BCUT2D eigenvalue weighted by Gasteiger charge is -2.36. The molecule has 0 spiro atoms. The molecule has 0 saturated carbocycles. The topological polar surface area (TPSA) is 13.0 Å². The Morgan fingerprint density at radius 2 is 1.50 bits per heavy atom. The van der Waals surface area contributed by atoms with E-state index in [9.17, 15) is 0 Å². The molecule has 0 unspecified atom stereocenters. The van der Waals surface area contributed by atoms with E-state index in [1.165, 1.54) is 37.4 Å². The summed E-state index contributed by atoms with van der Waals surface area (Å²) in [6.45, 7) is 11.4. The molecule has 0 aliphatic carbocycles. The number of benzene rings is 1. The number of anilines is 1. The van der Waals surface area contributed by atoms with Gasteiger partial charge >= 0.3 is 0 Å². The number of piperazine rings is 1. The van der Waals surface area contributed by atoms with E-state index in [0.29, 0.717) is 0 Å². The fourth-order valence-electron chi connectivity index (χ4n) is 2.78. The van der Waals surface area contributed by atoms with Crippen LogP contribution in [0.2, 0.25) is 0 Å². The molecule has 0 amide bonds. The highest BCUT2D eigenvalue weighted by atomic mass is 15.3. The fourth-order valence-corrected chi connectivity index (χ4v) is 2.78. The second kappa shape index (κ2) is 8.51. The predicted molar refractivity (Wildman–Crippen MR) is 95.9 cm³/mol. The molecule has 124 valence electrons. The monoisotopic (exact) mass is 304 g/mol. The summed E-state index contributed by atoms with van der Waals surface area (Å²) < 4.78 is 0. The van der Waals surface area contributed by atoms with Crippen LogP contribution in [0.5, 0.6) is 0 Å². The molecular formula is C18H32N4. The average Bonchev–Trinajstić information content (AvgIpc) is 2.52. The van der Waals surface area contributed by atoms with Crippen LogP contribution in [-0.2, 0) is 0 Å². The normalized spacial score (nSPS) is 16.7. The van der Waals surface area contributed by atoms with E-state index in [2.05, 4.69) is 71.9 Å². The summed E-state index contributed by atoms with van der Waals surface area (Å²) in [6, 6.07) is 8.92. The number of nitrogens with zero attached hydrogens (tertiary/aromatic N) is 4. The third-order valence-corrected chi connectivity index (χ3v) is 4.50. The fraction of sp³-hybridized carbons (Fsp3) is 0.667. The second-order valence-corrected chi connectivity index (χ2v) is 6.77. The third kappa shape index (κ3) is 5.59. The molecular weight excluding hydrogens is 272 g/mol.